The quantitative estimate of drug-likeness (QED) is 0.467. The van der Waals surface area contributed by atoms with E-state index in [-0.39, 0.29) is 0 Å². The van der Waals surface area contributed by atoms with Gasteiger partial charge in [-0.2, -0.15) is 13.2 Å². The Kier molecular flexibility index (Phi) is 10.5. The number of halogens is 3. The molecule has 0 aliphatic rings. The standard InChI is InChI=1S/C21H35F3N4O6/c1-11(15(30)21(22,23)24)25-16(31)12(10-13(29)28(8)9)26-17(32)14(19(2,3)4)27-18(33)34-20(5,6)7/h11-12,14H,10H2,1-9H3,(H,25,31)(H,26,32)(H,27,33)/t11-,12-,14-/m1/s1. The van der Waals surface area contributed by atoms with Crippen molar-refractivity contribution in [2.75, 3.05) is 14.1 Å². The topological polar surface area (TPSA) is 134 Å². The minimum absolute atomic E-state index is 0.596. The summed E-state index contributed by atoms with van der Waals surface area (Å²) in [5.74, 6) is -4.84. The third-order valence-corrected chi connectivity index (χ3v) is 4.33. The molecule has 0 heterocycles. The van der Waals surface area contributed by atoms with Crippen LogP contribution < -0.4 is 16.0 Å². The summed E-state index contributed by atoms with van der Waals surface area (Å²) in [6.45, 7) is 10.6. The Morgan fingerprint density at radius 3 is 1.74 bits per heavy atom. The number of rotatable bonds is 8. The molecule has 0 bridgehead atoms. The SMILES string of the molecule is C[C@@H](NC(=O)[C@@H](CC(=O)N(C)C)NC(=O)[C@@H](NC(=O)OC(C)(C)C)C(C)(C)C)C(=O)C(F)(F)F. The van der Waals surface area contributed by atoms with E-state index >= 15 is 0 Å². The van der Waals surface area contributed by atoms with Gasteiger partial charge in [0.05, 0.1) is 12.5 Å². The van der Waals surface area contributed by atoms with Crippen LogP contribution in [0.15, 0.2) is 0 Å². The highest BCUT2D eigenvalue weighted by molar-refractivity contribution is 5.97. The Morgan fingerprint density at radius 1 is 0.853 bits per heavy atom. The Bertz CT molecular complexity index is 785. The fourth-order valence-electron chi connectivity index (χ4n) is 2.55. The van der Waals surface area contributed by atoms with Gasteiger partial charge in [-0.25, -0.2) is 4.79 Å². The highest BCUT2D eigenvalue weighted by Gasteiger charge is 2.43. The van der Waals surface area contributed by atoms with Gasteiger partial charge >= 0.3 is 12.3 Å². The lowest BCUT2D eigenvalue weighted by atomic mass is 9.86. The third kappa shape index (κ3) is 10.8. The molecule has 0 aromatic carbocycles. The predicted molar refractivity (Wildman–Crippen MR) is 117 cm³/mol. The molecule has 0 radical (unpaired) electrons. The second-order valence-electron chi connectivity index (χ2n) is 10.1. The molecule has 0 saturated heterocycles. The van der Waals surface area contributed by atoms with Crippen molar-refractivity contribution in [3.8, 4) is 0 Å². The van der Waals surface area contributed by atoms with E-state index < -0.39 is 71.3 Å². The maximum Gasteiger partial charge on any atom is 0.452 e. The summed E-state index contributed by atoms with van der Waals surface area (Å²) in [4.78, 5) is 62.5. The van der Waals surface area contributed by atoms with E-state index in [1.54, 1.807) is 41.5 Å². The van der Waals surface area contributed by atoms with Crippen LogP contribution in [0.2, 0.25) is 0 Å². The molecule has 0 fully saturated rings. The van der Waals surface area contributed by atoms with Gasteiger partial charge in [-0.05, 0) is 33.1 Å². The molecule has 0 unspecified atom stereocenters. The van der Waals surface area contributed by atoms with Crippen LogP contribution in [0.3, 0.4) is 0 Å². The van der Waals surface area contributed by atoms with Gasteiger partial charge < -0.3 is 25.6 Å². The van der Waals surface area contributed by atoms with Crippen molar-refractivity contribution in [1.29, 1.82) is 0 Å². The molecule has 0 rings (SSSR count). The minimum atomic E-state index is -5.18. The fourth-order valence-corrected chi connectivity index (χ4v) is 2.55. The lowest BCUT2D eigenvalue weighted by Gasteiger charge is -2.32. The zero-order valence-corrected chi connectivity index (χ0v) is 21.0. The Hall–Kier alpha value is -2.86. The van der Waals surface area contributed by atoms with Crippen LogP contribution in [0.25, 0.3) is 0 Å². The van der Waals surface area contributed by atoms with Gasteiger partial charge in [-0.1, -0.05) is 20.8 Å². The number of hydrogen-bond acceptors (Lipinski definition) is 6. The van der Waals surface area contributed by atoms with E-state index in [1.807, 2.05) is 5.32 Å². The lowest BCUT2D eigenvalue weighted by Crippen LogP contribution is -2.60. The van der Waals surface area contributed by atoms with E-state index in [0.29, 0.717) is 0 Å². The summed E-state index contributed by atoms with van der Waals surface area (Å²) in [6, 6.07) is -4.79. The molecule has 34 heavy (non-hydrogen) atoms. The number of alkyl halides is 3. The number of nitrogens with zero attached hydrogens (tertiary/aromatic N) is 1. The Labute approximate surface area is 197 Å². The van der Waals surface area contributed by atoms with E-state index in [2.05, 4.69) is 10.6 Å². The molecule has 13 heteroatoms. The zero-order valence-electron chi connectivity index (χ0n) is 21.0. The normalized spacial score (nSPS) is 14.8. The van der Waals surface area contributed by atoms with Crippen molar-refractivity contribution in [2.24, 2.45) is 5.41 Å². The summed E-state index contributed by atoms with van der Waals surface area (Å²) in [5, 5.41) is 6.59. The molecule has 196 valence electrons. The molecular weight excluding hydrogens is 461 g/mol. The molecule has 10 nitrogen and oxygen atoms in total. The smallest absolute Gasteiger partial charge is 0.444 e. The van der Waals surface area contributed by atoms with Gasteiger partial charge in [-0.3, -0.25) is 19.2 Å². The van der Waals surface area contributed by atoms with E-state index in [1.165, 1.54) is 14.1 Å². The summed E-state index contributed by atoms with van der Waals surface area (Å²) in [7, 11) is 2.77. The van der Waals surface area contributed by atoms with Crippen molar-refractivity contribution < 1.29 is 41.9 Å². The van der Waals surface area contributed by atoms with Gasteiger partial charge in [0.25, 0.3) is 5.78 Å². The number of hydrogen-bond donors (Lipinski definition) is 3. The van der Waals surface area contributed by atoms with Crippen molar-refractivity contribution in [1.82, 2.24) is 20.9 Å². The molecule has 4 amide bonds. The van der Waals surface area contributed by atoms with Crippen LogP contribution >= 0.6 is 0 Å². The van der Waals surface area contributed by atoms with Gasteiger partial charge in [0, 0.05) is 14.1 Å². The number of carbonyl (C=O) groups excluding carboxylic acids is 5. The van der Waals surface area contributed by atoms with Crippen LogP contribution in [0.1, 0.15) is 54.9 Å². The van der Waals surface area contributed by atoms with Gasteiger partial charge in [0.2, 0.25) is 17.7 Å². The van der Waals surface area contributed by atoms with Crippen LogP contribution in [-0.2, 0) is 23.9 Å². The molecular formula is C21H35F3N4O6. The molecule has 0 aliphatic heterocycles. The van der Waals surface area contributed by atoms with Crippen LogP contribution in [0.4, 0.5) is 18.0 Å². The van der Waals surface area contributed by atoms with Crippen molar-refractivity contribution >= 4 is 29.6 Å². The molecule has 3 N–H and O–H groups in total. The first-order valence-corrected chi connectivity index (χ1v) is 10.5. The highest BCUT2D eigenvalue weighted by Crippen LogP contribution is 2.21. The van der Waals surface area contributed by atoms with Crippen molar-refractivity contribution in [3.63, 3.8) is 0 Å². The van der Waals surface area contributed by atoms with Crippen LogP contribution in [0.5, 0.6) is 0 Å². The average molecular weight is 497 g/mol. The number of ether oxygens (including phenoxy) is 1. The maximum absolute atomic E-state index is 13.0. The van der Waals surface area contributed by atoms with Crippen molar-refractivity contribution in [2.45, 2.75) is 84.8 Å². The molecule has 3 atom stereocenters. The zero-order chi connectivity index (χ0) is 27.2. The lowest BCUT2D eigenvalue weighted by molar-refractivity contribution is -0.173. The largest absolute Gasteiger partial charge is 0.452 e. The second kappa shape index (κ2) is 11.5. The third-order valence-electron chi connectivity index (χ3n) is 4.33. The van der Waals surface area contributed by atoms with E-state index in [9.17, 15) is 37.1 Å². The molecule has 0 spiro atoms. The van der Waals surface area contributed by atoms with Crippen molar-refractivity contribution in [3.05, 3.63) is 0 Å². The molecule has 0 aromatic heterocycles. The number of amides is 4. The Morgan fingerprint density at radius 2 is 1.35 bits per heavy atom. The monoisotopic (exact) mass is 496 g/mol. The summed E-state index contributed by atoms with van der Waals surface area (Å²) in [5.41, 5.74) is -1.74. The highest BCUT2D eigenvalue weighted by atomic mass is 19.4. The second-order valence-corrected chi connectivity index (χ2v) is 10.1. The predicted octanol–water partition coefficient (Wildman–Crippen LogP) is 1.53. The Balaban J connectivity index is 5.78. The first kappa shape index (κ1) is 31.1. The first-order chi connectivity index (χ1) is 15.1. The number of carbonyl (C=O) groups is 5. The van der Waals surface area contributed by atoms with Gasteiger partial charge in [0.15, 0.2) is 0 Å². The number of Topliss-reactive ketones (excluding diaryl/α,β-unsaturated/α-hetero) is 1. The number of alkyl carbamates (subject to hydrolysis) is 1. The van der Waals surface area contributed by atoms with E-state index in [0.717, 1.165) is 11.8 Å². The maximum atomic E-state index is 13.0. The minimum Gasteiger partial charge on any atom is -0.444 e. The van der Waals surface area contributed by atoms with Crippen LogP contribution in [0, 0.1) is 5.41 Å². The average Bonchev–Trinajstić information content (AvgIpc) is 2.61. The summed E-state index contributed by atoms with van der Waals surface area (Å²) < 4.78 is 43.2. The molecule has 0 aromatic rings. The molecule has 0 aliphatic carbocycles. The number of ketones is 1. The van der Waals surface area contributed by atoms with Crippen LogP contribution in [-0.4, -0.2) is 78.5 Å². The molecule has 0 saturated carbocycles. The fraction of sp³-hybridized carbons (Fsp3) is 0.762. The van der Waals surface area contributed by atoms with Gasteiger partial charge in [0.1, 0.15) is 17.7 Å². The van der Waals surface area contributed by atoms with Gasteiger partial charge in [-0.15, -0.1) is 0 Å². The summed E-state index contributed by atoms with van der Waals surface area (Å²) in [6.07, 6.45) is -6.68. The van der Waals surface area contributed by atoms with E-state index in [4.69, 9.17) is 4.74 Å². The number of nitrogens with one attached hydrogen (secondary N) is 3. The first-order valence-electron chi connectivity index (χ1n) is 10.5. The summed E-state index contributed by atoms with van der Waals surface area (Å²) >= 11 is 0.